The predicted octanol–water partition coefficient (Wildman–Crippen LogP) is 1.20. The quantitative estimate of drug-likeness (QED) is 0.563. The van der Waals surface area contributed by atoms with Gasteiger partial charge < -0.3 is 9.67 Å². The van der Waals surface area contributed by atoms with Gasteiger partial charge in [0.1, 0.15) is 0 Å². The van der Waals surface area contributed by atoms with Crippen molar-refractivity contribution in [3.8, 4) is 0 Å². The van der Waals surface area contributed by atoms with E-state index in [0.29, 0.717) is 29.9 Å². The van der Waals surface area contributed by atoms with Crippen LogP contribution in [0.25, 0.3) is 16.9 Å². The lowest BCUT2D eigenvalue weighted by molar-refractivity contribution is 0.277. The normalized spacial score (nSPS) is 11.7. The van der Waals surface area contributed by atoms with Crippen LogP contribution in [0.5, 0.6) is 0 Å². The van der Waals surface area contributed by atoms with E-state index in [0.717, 1.165) is 17.0 Å². The number of aromatic nitrogens is 5. The molecule has 28 heavy (non-hydrogen) atoms. The van der Waals surface area contributed by atoms with E-state index in [1.807, 2.05) is 48.6 Å². The van der Waals surface area contributed by atoms with Gasteiger partial charge >= 0.3 is 5.69 Å². The monoisotopic (exact) mass is 381 g/mol. The van der Waals surface area contributed by atoms with Gasteiger partial charge in [-0.25, -0.2) is 4.79 Å². The molecule has 4 aromatic rings. The van der Waals surface area contributed by atoms with Crippen molar-refractivity contribution in [3.05, 3.63) is 68.1 Å². The Morgan fingerprint density at radius 2 is 1.75 bits per heavy atom. The fourth-order valence-corrected chi connectivity index (χ4v) is 3.70. The number of nitrogens with zero attached hydrogens (tertiary/aromatic N) is 5. The van der Waals surface area contributed by atoms with Gasteiger partial charge in [-0.05, 0) is 25.8 Å². The van der Waals surface area contributed by atoms with Crippen LogP contribution in [0.1, 0.15) is 23.4 Å². The van der Waals surface area contributed by atoms with Crippen LogP contribution < -0.4 is 11.2 Å². The van der Waals surface area contributed by atoms with Crippen molar-refractivity contribution in [2.24, 2.45) is 7.05 Å². The van der Waals surface area contributed by atoms with E-state index in [2.05, 4.69) is 9.55 Å². The summed E-state index contributed by atoms with van der Waals surface area (Å²) in [6.45, 7) is 4.67. The predicted molar refractivity (Wildman–Crippen MR) is 107 cm³/mol. The maximum Gasteiger partial charge on any atom is 0.332 e. The first-order valence-electron chi connectivity index (χ1n) is 9.28. The summed E-state index contributed by atoms with van der Waals surface area (Å²) in [4.78, 5) is 30.4. The number of rotatable bonds is 5. The highest BCUT2D eigenvalue weighted by Gasteiger charge is 2.22. The number of fused-ring (bicyclic) bond motifs is 3. The van der Waals surface area contributed by atoms with Gasteiger partial charge in [0.05, 0.1) is 6.54 Å². The highest BCUT2D eigenvalue weighted by molar-refractivity contribution is 5.76. The standard InChI is InChI=1S/C20H23N5O3/c1-13-14(2)25-16-17(22(3)20(28)23(18(16)27)10-7-11-26)21-19(25)24(13)12-15-8-5-4-6-9-15/h4-6,8-9,26H,7,10-12H2,1-3H3. The average Bonchev–Trinajstić information content (AvgIpc) is 3.19. The van der Waals surface area contributed by atoms with E-state index in [9.17, 15) is 9.59 Å². The van der Waals surface area contributed by atoms with Gasteiger partial charge in [-0.1, -0.05) is 30.3 Å². The average molecular weight is 381 g/mol. The van der Waals surface area contributed by atoms with Crippen LogP contribution in [-0.4, -0.2) is 34.8 Å². The Labute approximate surface area is 160 Å². The first-order chi connectivity index (χ1) is 13.5. The van der Waals surface area contributed by atoms with Crippen molar-refractivity contribution in [3.63, 3.8) is 0 Å². The van der Waals surface area contributed by atoms with Crippen LogP contribution in [0.15, 0.2) is 39.9 Å². The lowest BCUT2D eigenvalue weighted by Crippen LogP contribution is -2.39. The summed E-state index contributed by atoms with van der Waals surface area (Å²) in [7, 11) is 1.62. The van der Waals surface area contributed by atoms with Gasteiger partial charge in [0.25, 0.3) is 5.56 Å². The van der Waals surface area contributed by atoms with Crippen molar-refractivity contribution in [2.45, 2.75) is 33.4 Å². The second kappa shape index (κ2) is 6.79. The Hall–Kier alpha value is -3.13. The fraction of sp³-hybridized carbons (Fsp3) is 0.350. The Bertz CT molecular complexity index is 1290. The molecule has 0 saturated heterocycles. The van der Waals surface area contributed by atoms with Gasteiger partial charge in [0.2, 0.25) is 5.78 Å². The molecule has 0 saturated carbocycles. The zero-order chi connectivity index (χ0) is 20.0. The third kappa shape index (κ3) is 2.60. The Morgan fingerprint density at radius 1 is 1.04 bits per heavy atom. The fourth-order valence-electron chi connectivity index (χ4n) is 3.70. The molecule has 8 heteroatoms. The van der Waals surface area contributed by atoms with Gasteiger partial charge in [-0.3, -0.25) is 18.3 Å². The summed E-state index contributed by atoms with van der Waals surface area (Å²) in [6, 6.07) is 10.0. The second-order valence-electron chi connectivity index (χ2n) is 7.04. The zero-order valence-corrected chi connectivity index (χ0v) is 16.2. The molecule has 1 N–H and O–H groups in total. The molecular weight excluding hydrogens is 358 g/mol. The van der Waals surface area contributed by atoms with Gasteiger partial charge in [0.15, 0.2) is 11.2 Å². The molecule has 0 amide bonds. The Balaban J connectivity index is 2.03. The third-order valence-electron chi connectivity index (χ3n) is 5.35. The molecule has 0 aliphatic rings. The number of hydrogen-bond acceptors (Lipinski definition) is 4. The molecule has 0 bridgehead atoms. The highest BCUT2D eigenvalue weighted by Crippen LogP contribution is 2.21. The SMILES string of the molecule is Cc1c(C)n2c3c(=O)n(CCCO)c(=O)n(C)c3nc2n1Cc1ccccc1. The highest BCUT2D eigenvalue weighted by atomic mass is 16.3. The molecule has 8 nitrogen and oxygen atoms in total. The molecule has 0 spiro atoms. The van der Waals surface area contributed by atoms with E-state index in [-0.39, 0.29) is 18.7 Å². The minimum absolute atomic E-state index is 0.0823. The molecular formula is C20H23N5O3. The molecule has 1 aromatic carbocycles. The zero-order valence-electron chi connectivity index (χ0n) is 16.2. The molecule has 0 unspecified atom stereocenters. The molecule has 146 valence electrons. The summed E-state index contributed by atoms with van der Waals surface area (Å²) in [5.74, 6) is 0.640. The van der Waals surface area contributed by atoms with Crippen molar-refractivity contribution < 1.29 is 5.11 Å². The maximum absolute atomic E-state index is 13.1. The number of aryl methyl sites for hydroxylation is 2. The molecule has 0 aliphatic carbocycles. The molecule has 3 aromatic heterocycles. The van der Waals surface area contributed by atoms with E-state index in [1.54, 1.807) is 7.05 Å². The van der Waals surface area contributed by atoms with Crippen LogP contribution in [-0.2, 0) is 20.1 Å². The van der Waals surface area contributed by atoms with Crippen molar-refractivity contribution in [1.29, 1.82) is 0 Å². The van der Waals surface area contributed by atoms with E-state index >= 15 is 0 Å². The van der Waals surface area contributed by atoms with Crippen LogP contribution in [0.4, 0.5) is 0 Å². The van der Waals surface area contributed by atoms with Crippen LogP contribution in [0, 0.1) is 13.8 Å². The summed E-state index contributed by atoms with van der Waals surface area (Å²) >= 11 is 0. The van der Waals surface area contributed by atoms with Crippen molar-refractivity contribution in [1.82, 2.24) is 23.1 Å². The largest absolute Gasteiger partial charge is 0.396 e. The third-order valence-corrected chi connectivity index (χ3v) is 5.35. The summed E-state index contributed by atoms with van der Waals surface area (Å²) in [5, 5.41) is 9.10. The number of benzene rings is 1. The summed E-state index contributed by atoms with van der Waals surface area (Å²) in [5.41, 5.74) is 3.03. The molecule has 0 aliphatic heterocycles. The molecule has 0 radical (unpaired) electrons. The first kappa shape index (κ1) is 18.2. The molecule has 0 fully saturated rings. The minimum Gasteiger partial charge on any atom is -0.396 e. The van der Waals surface area contributed by atoms with Gasteiger partial charge in [0, 0.05) is 31.6 Å². The number of hydrogen-bond donors (Lipinski definition) is 1. The van der Waals surface area contributed by atoms with E-state index < -0.39 is 5.69 Å². The first-order valence-corrected chi connectivity index (χ1v) is 9.28. The second-order valence-corrected chi connectivity index (χ2v) is 7.04. The van der Waals surface area contributed by atoms with Crippen LogP contribution in [0.2, 0.25) is 0 Å². The van der Waals surface area contributed by atoms with E-state index in [4.69, 9.17) is 5.11 Å². The number of imidazole rings is 2. The summed E-state index contributed by atoms with van der Waals surface area (Å²) < 4.78 is 6.48. The van der Waals surface area contributed by atoms with Gasteiger partial charge in [-0.15, -0.1) is 0 Å². The lowest BCUT2D eigenvalue weighted by atomic mass is 10.2. The van der Waals surface area contributed by atoms with Crippen molar-refractivity contribution >= 4 is 16.9 Å². The van der Waals surface area contributed by atoms with Gasteiger partial charge in [-0.2, -0.15) is 4.98 Å². The summed E-state index contributed by atoms with van der Waals surface area (Å²) in [6.07, 6.45) is 0.343. The van der Waals surface area contributed by atoms with Crippen LogP contribution >= 0.6 is 0 Å². The molecule has 3 heterocycles. The lowest BCUT2D eigenvalue weighted by Gasteiger charge is -2.08. The topological polar surface area (TPSA) is 86.5 Å². The minimum atomic E-state index is -0.421. The number of aliphatic hydroxyl groups excluding tert-OH is 1. The van der Waals surface area contributed by atoms with Crippen molar-refractivity contribution in [2.75, 3.05) is 6.61 Å². The van der Waals surface area contributed by atoms with Crippen LogP contribution in [0.3, 0.4) is 0 Å². The molecule has 4 rings (SSSR count). The Morgan fingerprint density at radius 3 is 2.43 bits per heavy atom. The number of aliphatic hydroxyl groups is 1. The Kier molecular flexibility index (Phi) is 4.43. The molecule has 0 atom stereocenters. The van der Waals surface area contributed by atoms with E-state index in [1.165, 1.54) is 9.13 Å². The smallest absolute Gasteiger partial charge is 0.332 e. The maximum atomic E-state index is 13.1.